The van der Waals surface area contributed by atoms with Crippen LogP contribution in [0.2, 0.25) is 5.02 Å². The molecule has 2 aromatic rings. The largest absolute Gasteiger partial charge is 0.506 e. The zero-order valence-corrected chi connectivity index (χ0v) is 12.7. The first-order valence-electron chi connectivity index (χ1n) is 6.99. The average molecular weight is 304 g/mol. The van der Waals surface area contributed by atoms with Gasteiger partial charge in [0.1, 0.15) is 5.75 Å². The zero-order chi connectivity index (χ0) is 15.2. The minimum atomic E-state index is -0.114. The smallest absolute Gasteiger partial charge is 0.258 e. The van der Waals surface area contributed by atoms with E-state index >= 15 is 0 Å². The average Bonchev–Trinajstić information content (AvgIpc) is 2.51. The van der Waals surface area contributed by atoms with Crippen LogP contribution in [0, 0.1) is 0 Å². The summed E-state index contributed by atoms with van der Waals surface area (Å²) < 4.78 is 0. The molecule has 1 amide bonds. The van der Waals surface area contributed by atoms with Crippen LogP contribution >= 0.6 is 11.6 Å². The van der Waals surface area contributed by atoms with Crippen molar-refractivity contribution < 1.29 is 9.90 Å². The second-order valence-electron chi connectivity index (χ2n) is 4.81. The number of anilines is 1. The van der Waals surface area contributed by atoms with Crippen molar-refractivity contribution in [2.45, 2.75) is 19.8 Å². The molecule has 110 valence electrons. The third kappa shape index (κ3) is 3.76. The van der Waals surface area contributed by atoms with Crippen LogP contribution in [0.4, 0.5) is 5.69 Å². The number of rotatable bonds is 5. The highest BCUT2D eigenvalue weighted by atomic mass is 35.5. The van der Waals surface area contributed by atoms with Crippen molar-refractivity contribution >= 4 is 23.2 Å². The number of phenols is 1. The maximum atomic E-state index is 12.7. The maximum absolute atomic E-state index is 12.7. The zero-order valence-electron chi connectivity index (χ0n) is 11.9. The number of unbranched alkanes of at least 4 members (excludes halogenated alkanes) is 1. The van der Waals surface area contributed by atoms with Crippen molar-refractivity contribution in [2.75, 3.05) is 11.4 Å². The summed E-state index contributed by atoms with van der Waals surface area (Å²) in [5.74, 6) is -0.135. The number of nitrogens with zero attached hydrogens (tertiary/aromatic N) is 1. The molecule has 3 nitrogen and oxygen atoms in total. The Kier molecular flexibility index (Phi) is 5.23. The predicted octanol–water partition coefficient (Wildman–Crippen LogP) is 4.49. The molecule has 0 atom stereocenters. The molecule has 0 spiro atoms. The summed E-state index contributed by atoms with van der Waals surface area (Å²) in [7, 11) is 0. The Bertz CT molecular complexity index is 613. The fourth-order valence-corrected chi connectivity index (χ4v) is 2.25. The molecule has 0 aliphatic carbocycles. The summed E-state index contributed by atoms with van der Waals surface area (Å²) in [5, 5.41) is 9.65. The maximum Gasteiger partial charge on any atom is 0.258 e. The summed E-state index contributed by atoms with van der Waals surface area (Å²) in [6.07, 6.45) is 1.93. The van der Waals surface area contributed by atoms with Gasteiger partial charge in [-0.05, 0) is 36.8 Å². The van der Waals surface area contributed by atoms with Gasteiger partial charge in [0.2, 0.25) is 0 Å². The van der Waals surface area contributed by atoms with Crippen molar-refractivity contribution in [2.24, 2.45) is 0 Å². The van der Waals surface area contributed by atoms with Crippen LogP contribution in [0.15, 0.2) is 48.5 Å². The van der Waals surface area contributed by atoms with Crippen molar-refractivity contribution in [3.63, 3.8) is 0 Å². The SMILES string of the molecule is CCCCN(C(=O)c1ccc(O)c(Cl)c1)c1ccccc1. The van der Waals surface area contributed by atoms with Crippen molar-refractivity contribution in [1.82, 2.24) is 0 Å². The molecule has 2 rings (SSSR count). The van der Waals surface area contributed by atoms with E-state index in [1.54, 1.807) is 11.0 Å². The number of amides is 1. The van der Waals surface area contributed by atoms with Gasteiger partial charge in [-0.25, -0.2) is 0 Å². The van der Waals surface area contributed by atoms with Gasteiger partial charge < -0.3 is 10.0 Å². The topological polar surface area (TPSA) is 40.5 Å². The molecule has 0 bridgehead atoms. The Morgan fingerprint density at radius 3 is 2.52 bits per heavy atom. The van der Waals surface area contributed by atoms with E-state index in [4.69, 9.17) is 11.6 Å². The number of carbonyl (C=O) groups is 1. The van der Waals surface area contributed by atoms with E-state index in [1.807, 2.05) is 30.3 Å². The molecule has 0 aliphatic heterocycles. The highest BCUT2D eigenvalue weighted by Crippen LogP contribution is 2.25. The highest BCUT2D eigenvalue weighted by molar-refractivity contribution is 6.32. The van der Waals surface area contributed by atoms with E-state index in [0.29, 0.717) is 12.1 Å². The van der Waals surface area contributed by atoms with Crippen LogP contribution < -0.4 is 4.90 Å². The number of aromatic hydroxyl groups is 1. The first kappa shape index (κ1) is 15.4. The summed E-state index contributed by atoms with van der Waals surface area (Å²) in [5.41, 5.74) is 1.33. The second kappa shape index (κ2) is 7.14. The van der Waals surface area contributed by atoms with Gasteiger partial charge in [0.25, 0.3) is 5.91 Å². The van der Waals surface area contributed by atoms with Gasteiger partial charge in [0.05, 0.1) is 5.02 Å². The Morgan fingerprint density at radius 1 is 1.19 bits per heavy atom. The van der Waals surface area contributed by atoms with E-state index in [1.165, 1.54) is 12.1 Å². The molecule has 4 heteroatoms. The lowest BCUT2D eigenvalue weighted by Gasteiger charge is -2.23. The molecule has 0 aliphatic rings. The minimum absolute atomic E-state index is 0.0203. The van der Waals surface area contributed by atoms with Gasteiger partial charge in [0, 0.05) is 17.8 Å². The normalized spacial score (nSPS) is 10.4. The predicted molar refractivity (Wildman–Crippen MR) is 86.1 cm³/mol. The number of para-hydroxylation sites is 1. The Hall–Kier alpha value is -2.00. The van der Waals surface area contributed by atoms with Gasteiger partial charge in [-0.2, -0.15) is 0 Å². The van der Waals surface area contributed by atoms with Crippen LogP contribution in [0.25, 0.3) is 0 Å². The summed E-state index contributed by atoms with van der Waals surface area (Å²) >= 11 is 5.89. The van der Waals surface area contributed by atoms with Crippen molar-refractivity contribution in [1.29, 1.82) is 0 Å². The molecule has 0 saturated carbocycles. The quantitative estimate of drug-likeness (QED) is 0.884. The first-order chi connectivity index (χ1) is 10.1. The number of benzene rings is 2. The van der Waals surface area contributed by atoms with E-state index in [0.717, 1.165) is 18.5 Å². The number of carbonyl (C=O) groups excluding carboxylic acids is 1. The molecule has 21 heavy (non-hydrogen) atoms. The van der Waals surface area contributed by atoms with Crippen LogP contribution in [-0.2, 0) is 0 Å². The standard InChI is InChI=1S/C17H18ClNO2/c1-2-3-11-19(14-7-5-4-6-8-14)17(21)13-9-10-16(20)15(18)12-13/h4-10,12,20H,2-3,11H2,1H3. The van der Waals surface area contributed by atoms with E-state index < -0.39 is 0 Å². The van der Waals surface area contributed by atoms with E-state index in [-0.39, 0.29) is 16.7 Å². The molecule has 2 aromatic carbocycles. The molecule has 0 unspecified atom stereocenters. The van der Waals surface area contributed by atoms with Crippen molar-refractivity contribution in [3.05, 3.63) is 59.1 Å². The first-order valence-corrected chi connectivity index (χ1v) is 7.36. The fourth-order valence-electron chi connectivity index (χ4n) is 2.07. The molecule has 0 radical (unpaired) electrons. The van der Waals surface area contributed by atoms with Crippen LogP contribution in [0.5, 0.6) is 5.75 Å². The molecule has 0 aromatic heterocycles. The van der Waals surface area contributed by atoms with E-state index in [2.05, 4.69) is 6.92 Å². The molecule has 0 saturated heterocycles. The Morgan fingerprint density at radius 2 is 1.90 bits per heavy atom. The van der Waals surface area contributed by atoms with Crippen LogP contribution in [0.1, 0.15) is 30.1 Å². The monoisotopic (exact) mass is 303 g/mol. The van der Waals surface area contributed by atoms with Gasteiger partial charge >= 0.3 is 0 Å². The second-order valence-corrected chi connectivity index (χ2v) is 5.22. The third-order valence-corrected chi connectivity index (χ3v) is 3.55. The molecule has 1 N–H and O–H groups in total. The number of hydrogen-bond donors (Lipinski definition) is 1. The lowest BCUT2D eigenvalue weighted by molar-refractivity contribution is 0.0986. The Balaban J connectivity index is 2.31. The van der Waals surface area contributed by atoms with Gasteiger partial charge in [0.15, 0.2) is 0 Å². The third-order valence-electron chi connectivity index (χ3n) is 3.24. The number of hydrogen-bond acceptors (Lipinski definition) is 2. The fraction of sp³-hybridized carbons (Fsp3) is 0.235. The lowest BCUT2D eigenvalue weighted by Crippen LogP contribution is -2.31. The van der Waals surface area contributed by atoms with Crippen LogP contribution in [0.3, 0.4) is 0 Å². The molecular weight excluding hydrogens is 286 g/mol. The minimum Gasteiger partial charge on any atom is -0.506 e. The van der Waals surface area contributed by atoms with Crippen LogP contribution in [-0.4, -0.2) is 17.6 Å². The van der Waals surface area contributed by atoms with Crippen molar-refractivity contribution in [3.8, 4) is 5.75 Å². The Labute approximate surface area is 129 Å². The molecule has 0 fully saturated rings. The molecule has 0 heterocycles. The summed E-state index contributed by atoms with van der Waals surface area (Å²) in [6, 6.07) is 14.1. The molecular formula is C17H18ClNO2. The number of halogens is 1. The highest BCUT2D eigenvalue weighted by Gasteiger charge is 2.18. The summed E-state index contributed by atoms with van der Waals surface area (Å²) in [6.45, 7) is 2.74. The number of phenolic OH excluding ortho intramolecular Hbond substituents is 1. The summed E-state index contributed by atoms with van der Waals surface area (Å²) in [4.78, 5) is 14.4. The van der Waals surface area contributed by atoms with E-state index in [9.17, 15) is 9.90 Å². The van der Waals surface area contributed by atoms with Gasteiger partial charge in [-0.1, -0.05) is 43.1 Å². The van der Waals surface area contributed by atoms with Gasteiger partial charge in [-0.15, -0.1) is 0 Å². The lowest BCUT2D eigenvalue weighted by atomic mass is 10.1. The van der Waals surface area contributed by atoms with Gasteiger partial charge in [-0.3, -0.25) is 4.79 Å².